The van der Waals surface area contributed by atoms with Crippen LogP contribution in [0.25, 0.3) is 0 Å². The normalized spacial score (nSPS) is 12.1. The summed E-state index contributed by atoms with van der Waals surface area (Å²) < 4.78 is 5.54. The topological polar surface area (TPSA) is 69.4 Å². The summed E-state index contributed by atoms with van der Waals surface area (Å²) in [5, 5.41) is 0. The molecular weight excluding hydrogens is 350 g/mol. The van der Waals surface area contributed by atoms with E-state index < -0.39 is 0 Å². The summed E-state index contributed by atoms with van der Waals surface area (Å²) in [4.78, 5) is 23.3. The van der Waals surface area contributed by atoms with Crippen molar-refractivity contribution in [1.82, 2.24) is 0 Å². The molecule has 28 heavy (non-hydrogen) atoms. The molecule has 0 heterocycles. The number of esters is 1. The zero-order valence-corrected chi connectivity index (χ0v) is 18.8. The number of rotatable bonds is 21. The number of carbonyl (C=O) groups is 2. The molecule has 0 bridgehead atoms. The van der Waals surface area contributed by atoms with Gasteiger partial charge in [0.2, 0.25) is 5.91 Å². The molecule has 4 nitrogen and oxygen atoms in total. The van der Waals surface area contributed by atoms with Crippen molar-refractivity contribution in [3.8, 4) is 0 Å². The van der Waals surface area contributed by atoms with Crippen molar-refractivity contribution >= 4 is 11.9 Å². The number of nitrogens with two attached hydrogens (primary N) is 1. The molecule has 0 aliphatic carbocycles. The first-order chi connectivity index (χ1) is 13.6. The monoisotopic (exact) mass is 397 g/mol. The largest absolute Gasteiger partial charge is 0.462 e. The lowest BCUT2D eigenvalue weighted by molar-refractivity contribution is -0.150. The molecule has 0 aromatic heterocycles. The molecule has 2 N–H and O–H groups in total. The maximum Gasteiger partial charge on any atom is 0.306 e. The van der Waals surface area contributed by atoms with Crippen LogP contribution in [0.1, 0.15) is 136 Å². The summed E-state index contributed by atoms with van der Waals surface area (Å²) in [7, 11) is 0. The van der Waals surface area contributed by atoms with E-state index in [9.17, 15) is 9.59 Å². The SMILES string of the molecule is CCCCCCCCCCC[C@H](CC(N)=O)OC(=O)CCCCCCCCC. The number of hydrogen-bond acceptors (Lipinski definition) is 3. The van der Waals surface area contributed by atoms with Gasteiger partial charge in [-0.1, -0.05) is 104 Å². The van der Waals surface area contributed by atoms with Crippen molar-refractivity contribution in [2.45, 2.75) is 142 Å². The number of primary amides is 1. The predicted octanol–water partition coefficient (Wildman–Crippen LogP) is 6.84. The van der Waals surface area contributed by atoms with Crippen LogP contribution in [0.15, 0.2) is 0 Å². The Morgan fingerprint density at radius 1 is 0.679 bits per heavy atom. The minimum absolute atomic E-state index is 0.153. The minimum Gasteiger partial charge on any atom is -0.462 e. The van der Waals surface area contributed by atoms with Gasteiger partial charge < -0.3 is 10.5 Å². The van der Waals surface area contributed by atoms with E-state index >= 15 is 0 Å². The minimum atomic E-state index is -0.385. The van der Waals surface area contributed by atoms with Gasteiger partial charge in [0.05, 0.1) is 6.42 Å². The second-order valence-corrected chi connectivity index (χ2v) is 8.27. The van der Waals surface area contributed by atoms with Gasteiger partial charge in [-0.3, -0.25) is 9.59 Å². The summed E-state index contributed by atoms with van der Waals surface area (Å²) in [6, 6.07) is 0. The van der Waals surface area contributed by atoms with Gasteiger partial charge in [-0.15, -0.1) is 0 Å². The van der Waals surface area contributed by atoms with Gasteiger partial charge in [0.1, 0.15) is 6.10 Å². The highest BCUT2D eigenvalue weighted by Gasteiger charge is 2.16. The fourth-order valence-corrected chi connectivity index (χ4v) is 3.58. The van der Waals surface area contributed by atoms with E-state index in [1.54, 1.807) is 0 Å². The average Bonchev–Trinajstić information content (AvgIpc) is 2.65. The molecule has 0 aliphatic heterocycles. The molecule has 0 unspecified atom stereocenters. The lowest BCUT2D eigenvalue weighted by Gasteiger charge is -2.16. The van der Waals surface area contributed by atoms with Crippen LogP contribution in [0.3, 0.4) is 0 Å². The Kier molecular flexibility index (Phi) is 19.9. The highest BCUT2D eigenvalue weighted by molar-refractivity contribution is 5.75. The first-order valence-corrected chi connectivity index (χ1v) is 12.1. The maximum atomic E-state index is 12.1. The Morgan fingerprint density at radius 2 is 1.11 bits per heavy atom. The summed E-state index contributed by atoms with van der Waals surface area (Å²) >= 11 is 0. The lowest BCUT2D eigenvalue weighted by atomic mass is 10.0. The van der Waals surface area contributed by atoms with Crippen molar-refractivity contribution in [1.29, 1.82) is 0 Å². The molecule has 1 amide bonds. The zero-order valence-electron chi connectivity index (χ0n) is 18.8. The van der Waals surface area contributed by atoms with Gasteiger partial charge in [0.15, 0.2) is 0 Å². The van der Waals surface area contributed by atoms with Crippen molar-refractivity contribution in [3.05, 3.63) is 0 Å². The van der Waals surface area contributed by atoms with Crippen LogP contribution in [0.4, 0.5) is 0 Å². The Labute approximate surface area is 174 Å². The van der Waals surface area contributed by atoms with Crippen LogP contribution in [-0.2, 0) is 14.3 Å². The highest BCUT2D eigenvalue weighted by Crippen LogP contribution is 2.15. The molecule has 0 aromatic carbocycles. The quantitative estimate of drug-likeness (QED) is 0.170. The van der Waals surface area contributed by atoms with Crippen molar-refractivity contribution in [2.24, 2.45) is 5.73 Å². The molecule has 166 valence electrons. The fourth-order valence-electron chi connectivity index (χ4n) is 3.58. The van der Waals surface area contributed by atoms with Crippen LogP contribution >= 0.6 is 0 Å². The van der Waals surface area contributed by atoms with Gasteiger partial charge >= 0.3 is 5.97 Å². The van der Waals surface area contributed by atoms with E-state index in [1.807, 2.05) is 0 Å². The standard InChI is InChI=1S/C24H47NO3/c1-3-5-7-9-11-12-14-15-17-19-22(21-23(25)26)28-24(27)20-18-16-13-10-8-6-4-2/h22H,3-21H2,1-2H3,(H2,25,26)/t22-/m1/s1. The van der Waals surface area contributed by atoms with Crippen LogP contribution < -0.4 is 5.73 Å². The Balaban J connectivity index is 3.79. The third-order valence-corrected chi connectivity index (χ3v) is 5.34. The van der Waals surface area contributed by atoms with Gasteiger partial charge in [0, 0.05) is 6.42 Å². The van der Waals surface area contributed by atoms with Crippen LogP contribution in [0.5, 0.6) is 0 Å². The molecule has 1 atom stereocenters. The van der Waals surface area contributed by atoms with Crippen LogP contribution in [0, 0.1) is 0 Å². The molecule has 0 rings (SSSR count). The molecule has 0 saturated carbocycles. The second kappa shape index (κ2) is 20.7. The third kappa shape index (κ3) is 19.7. The van der Waals surface area contributed by atoms with Gasteiger partial charge in [-0.05, 0) is 19.3 Å². The summed E-state index contributed by atoms with van der Waals surface area (Å²) in [6.07, 6.45) is 20.6. The maximum absolute atomic E-state index is 12.1. The van der Waals surface area contributed by atoms with Crippen molar-refractivity contribution in [2.75, 3.05) is 0 Å². The smallest absolute Gasteiger partial charge is 0.306 e. The van der Waals surface area contributed by atoms with Crippen molar-refractivity contribution in [3.63, 3.8) is 0 Å². The second-order valence-electron chi connectivity index (χ2n) is 8.27. The van der Waals surface area contributed by atoms with E-state index in [4.69, 9.17) is 10.5 Å². The summed E-state index contributed by atoms with van der Waals surface area (Å²) in [5.41, 5.74) is 5.33. The molecule has 0 saturated heterocycles. The highest BCUT2D eigenvalue weighted by atomic mass is 16.5. The first-order valence-electron chi connectivity index (χ1n) is 12.1. The molecule has 0 fully saturated rings. The van der Waals surface area contributed by atoms with E-state index in [-0.39, 0.29) is 24.4 Å². The molecular formula is C24H47NO3. The van der Waals surface area contributed by atoms with Crippen LogP contribution in [0.2, 0.25) is 0 Å². The predicted molar refractivity (Wildman–Crippen MR) is 118 cm³/mol. The van der Waals surface area contributed by atoms with Crippen LogP contribution in [-0.4, -0.2) is 18.0 Å². The molecule has 0 radical (unpaired) electrons. The Bertz CT molecular complexity index is 371. The molecule has 4 heteroatoms. The van der Waals surface area contributed by atoms with Gasteiger partial charge in [-0.25, -0.2) is 0 Å². The van der Waals surface area contributed by atoms with Gasteiger partial charge in [-0.2, -0.15) is 0 Å². The molecule has 0 spiro atoms. The lowest BCUT2D eigenvalue weighted by Crippen LogP contribution is -2.25. The number of amides is 1. The van der Waals surface area contributed by atoms with Gasteiger partial charge in [0.25, 0.3) is 0 Å². The first kappa shape index (κ1) is 26.9. The number of hydrogen-bond donors (Lipinski definition) is 1. The number of unbranched alkanes of at least 4 members (excludes halogenated alkanes) is 14. The third-order valence-electron chi connectivity index (χ3n) is 5.34. The Morgan fingerprint density at radius 3 is 1.57 bits per heavy atom. The van der Waals surface area contributed by atoms with Crippen molar-refractivity contribution < 1.29 is 14.3 Å². The summed E-state index contributed by atoms with van der Waals surface area (Å²) in [5.74, 6) is -0.555. The van der Waals surface area contributed by atoms with E-state index in [0.29, 0.717) is 6.42 Å². The molecule has 0 aliphatic rings. The van der Waals surface area contributed by atoms with E-state index in [0.717, 1.165) is 32.1 Å². The Hall–Kier alpha value is -1.06. The molecule has 0 aromatic rings. The number of ether oxygens (including phenoxy) is 1. The number of carbonyl (C=O) groups excluding carboxylic acids is 2. The average molecular weight is 398 g/mol. The van der Waals surface area contributed by atoms with E-state index in [1.165, 1.54) is 77.0 Å². The fraction of sp³-hybridized carbons (Fsp3) is 0.917. The van der Waals surface area contributed by atoms with E-state index in [2.05, 4.69) is 13.8 Å². The zero-order chi connectivity index (χ0) is 20.9. The summed E-state index contributed by atoms with van der Waals surface area (Å²) in [6.45, 7) is 4.46.